The molecule has 1 N–H and O–H groups in total. The predicted molar refractivity (Wildman–Crippen MR) is 97.7 cm³/mol. The van der Waals surface area contributed by atoms with E-state index in [2.05, 4.69) is 10.5 Å². The lowest BCUT2D eigenvalue weighted by atomic mass is 10.1. The summed E-state index contributed by atoms with van der Waals surface area (Å²) in [4.78, 5) is 11.9. The lowest BCUT2D eigenvalue weighted by Gasteiger charge is -2.06. The molecule has 4 rings (SSSR count). The van der Waals surface area contributed by atoms with Gasteiger partial charge in [-0.2, -0.15) is 5.10 Å². The van der Waals surface area contributed by atoms with E-state index >= 15 is 0 Å². The van der Waals surface area contributed by atoms with Crippen molar-refractivity contribution in [3.63, 3.8) is 0 Å². The van der Waals surface area contributed by atoms with Gasteiger partial charge in [-0.3, -0.25) is 4.79 Å². The second kappa shape index (κ2) is 7.14. The maximum Gasteiger partial charge on any atom is 0.277 e. The van der Waals surface area contributed by atoms with Gasteiger partial charge in [-0.05, 0) is 22.9 Å². The molecule has 0 radical (unpaired) electrons. The van der Waals surface area contributed by atoms with Crippen LogP contribution in [0.4, 0.5) is 0 Å². The molecule has 0 saturated carbocycles. The summed E-state index contributed by atoms with van der Waals surface area (Å²) >= 11 is 0. The molecule has 0 aliphatic carbocycles. The first-order chi connectivity index (χ1) is 12.8. The van der Waals surface area contributed by atoms with E-state index in [1.54, 1.807) is 24.4 Å². The monoisotopic (exact) mass is 348 g/mol. The number of hydrogen-bond donors (Lipinski definition) is 1. The zero-order valence-corrected chi connectivity index (χ0v) is 13.8. The molecule has 0 atom stereocenters. The highest BCUT2D eigenvalue weighted by molar-refractivity contribution is 5.99. The van der Waals surface area contributed by atoms with Gasteiger partial charge in [0, 0.05) is 11.6 Å². The van der Waals surface area contributed by atoms with Crippen LogP contribution in [0.1, 0.15) is 5.56 Å². The van der Waals surface area contributed by atoms with Crippen LogP contribution in [-0.2, 0) is 4.79 Å². The normalized spacial score (nSPS) is 12.5. The molecular weight excluding hydrogens is 332 g/mol. The standard InChI is InChI=1S/C20H16N2O4/c23-20(12-24-16-8-9-18-19(10-16)26-13-25-18)22-21-11-15-6-3-5-14-4-1-2-7-17(14)15/h1-11H,12-13H2,(H,22,23)/b21-11-. The third kappa shape index (κ3) is 3.44. The highest BCUT2D eigenvalue weighted by atomic mass is 16.7. The first-order valence-electron chi connectivity index (χ1n) is 8.12. The van der Waals surface area contributed by atoms with Crippen LogP contribution in [0.15, 0.2) is 65.8 Å². The quantitative estimate of drug-likeness (QED) is 0.568. The summed E-state index contributed by atoms with van der Waals surface area (Å²) in [5.74, 6) is 1.46. The average Bonchev–Trinajstić information content (AvgIpc) is 3.14. The van der Waals surface area contributed by atoms with Gasteiger partial charge in [0.05, 0.1) is 6.21 Å². The fourth-order valence-corrected chi connectivity index (χ4v) is 2.68. The lowest BCUT2D eigenvalue weighted by molar-refractivity contribution is -0.123. The predicted octanol–water partition coefficient (Wildman–Crippen LogP) is 3.10. The minimum atomic E-state index is -0.348. The van der Waals surface area contributed by atoms with Crippen LogP contribution >= 0.6 is 0 Å². The van der Waals surface area contributed by atoms with Crippen molar-refractivity contribution in [2.75, 3.05) is 13.4 Å². The highest BCUT2D eigenvalue weighted by Gasteiger charge is 2.14. The van der Waals surface area contributed by atoms with Crippen molar-refractivity contribution >= 4 is 22.9 Å². The molecule has 1 heterocycles. The molecule has 130 valence electrons. The molecule has 6 heteroatoms. The number of nitrogens with zero attached hydrogens (tertiary/aromatic N) is 1. The lowest BCUT2D eigenvalue weighted by Crippen LogP contribution is -2.24. The smallest absolute Gasteiger partial charge is 0.277 e. The van der Waals surface area contributed by atoms with Crippen LogP contribution in [0.5, 0.6) is 17.2 Å². The maximum atomic E-state index is 11.9. The van der Waals surface area contributed by atoms with Gasteiger partial charge in [0.1, 0.15) is 5.75 Å². The Labute approximate surface area is 150 Å². The number of carbonyl (C=O) groups is 1. The molecule has 0 saturated heterocycles. The summed E-state index contributed by atoms with van der Waals surface area (Å²) in [6, 6.07) is 19.1. The Morgan fingerprint density at radius 1 is 1.08 bits per heavy atom. The summed E-state index contributed by atoms with van der Waals surface area (Å²) in [6.45, 7) is 0.0503. The Morgan fingerprint density at radius 3 is 2.88 bits per heavy atom. The number of rotatable bonds is 5. The fourth-order valence-electron chi connectivity index (χ4n) is 2.68. The van der Waals surface area contributed by atoms with Crippen molar-refractivity contribution in [2.24, 2.45) is 5.10 Å². The van der Waals surface area contributed by atoms with Crippen molar-refractivity contribution in [3.8, 4) is 17.2 Å². The largest absolute Gasteiger partial charge is 0.484 e. The average molecular weight is 348 g/mol. The van der Waals surface area contributed by atoms with E-state index < -0.39 is 0 Å². The van der Waals surface area contributed by atoms with E-state index in [1.165, 1.54) is 0 Å². The second-order valence-corrected chi connectivity index (χ2v) is 5.67. The summed E-state index contributed by atoms with van der Waals surface area (Å²) < 4.78 is 15.9. The van der Waals surface area contributed by atoms with Gasteiger partial charge in [-0.15, -0.1) is 0 Å². The molecule has 0 fully saturated rings. The fraction of sp³-hybridized carbons (Fsp3) is 0.100. The van der Waals surface area contributed by atoms with Gasteiger partial charge < -0.3 is 14.2 Å². The summed E-state index contributed by atoms with van der Waals surface area (Å²) in [5, 5.41) is 6.21. The molecule has 3 aromatic carbocycles. The third-order valence-corrected chi connectivity index (χ3v) is 3.93. The highest BCUT2D eigenvalue weighted by Crippen LogP contribution is 2.34. The van der Waals surface area contributed by atoms with Crippen LogP contribution in [0, 0.1) is 0 Å². The van der Waals surface area contributed by atoms with Gasteiger partial charge in [0.25, 0.3) is 5.91 Å². The number of carbonyl (C=O) groups excluding carboxylic acids is 1. The number of benzene rings is 3. The number of nitrogens with one attached hydrogen (secondary N) is 1. The topological polar surface area (TPSA) is 69.2 Å². The minimum Gasteiger partial charge on any atom is -0.484 e. The van der Waals surface area contributed by atoms with Gasteiger partial charge in [-0.25, -0.2) is 5.43 Å². The van der Waals surface area contributed by atoms with Gasteiger partial charge >= 0.3 is 0 Å². The van der Waals surface area contributed by atoms with E-state index in [4.69, 9.17) is 14.2 Å². The van der Waals surface area contributed by atoms with E-state index in [0.717, 1.165) is 16.3 Å². The van der Waals surface area contributed by atoms with E-state index in [0.29, 0.717) is 17.2 Å². The summed E-state index contributed by atoms with van der Waals surface area (Å²) in [6.07, 6.45) is 1.63. The molecule has 1 aliphatic rings. The van der Waals surface area contributed by atoms with Crippen LogP contribution in [0.2, 0.25) is 0 Å². The zero-order valence-electron chi connectivity index (χ0n) is 13.8. The first kappa shape index (κ1) is 16.0. The molecule has 1 aliphatic heterocycles. The number of hydrogen-bond acceptors (Lipinski definition) is 5. The minimum absolute atomic E-state index is 0.146. The number of fused-ring (bicyclic) bond motifs is 2. The zero-order chi connectivity index (χ0) is 17.8. The van der Waals surface area contributed by atoms with E-state index in [1.807, 2.05) is 42.5 Å². The molecule has 1 amide bonds. The van der Waals surface area contributed by atoms with E-state index in [-0.39, 0.29) is 19.3 Å². The molecule has 0 unspecified atom stereocenters. The number of hydrazone groups is 1. The van der Waals surface area contributed by atoms with Gasteiger partial charge in [0.2, 0.25) is 6.79 Å². The molecule has 6 nitrogen and oxygen atoms in total. The van der Waals surface area contributed by atoms with Crippen molar-refractivity contribution in [3.05, 3.63) is 66.2 Å². The maximum absolute atomic E-state index is 11.9. The number of ether oxygens (including phenoxy) is 3. The Kier molecular flexibility index (Phi) is 4.38. The Hall–Kier alpha value is -3.54. The molecule has 0 bridgehead atoms. The van der Waals surface area contributed by atoms with Crippen LogP contribution < -0.4 is 19.6 Å². The van der Waals surface area contributed by atoms with Crippen LogP contribution in [-0.4, -0.2) is 25.5 Å². The molecular formula is C20H16N2O4. The van der Waals surface area contributed by atoms with Gasteiger partial charge in [0.15, 0.2) is 18.1 Å². The first-order valence-corrected chi connectivity index (χ1v) is 8.12. The van der Waals surface area contributed by atoms with Crippen molar-refractivity contribution in [2.45, 2.75) is 0 Å². The van der Waals surface area contributed by atoms with Gasteiger partial charge in [-0.1, -0.05) is 42.5 Å². The summed E-state index contributed by atoms with van der Waals surface area (Å²) in [5.41, 5.74) is 3.40. The molecule has 0 spiro atoms. The SMILES string of the molecule is O=C(COc1ccc2c(c1)OCO2)N/N=C\c1cccc2ccccc12. The number of amides is 1. The Morgan fingerprint density at radius 2 is 1.92 bits per heavy atom. The van der Waals surface area contributed by atoms with Crippen LogP contribution in [0.25, 0.3) is 10.8 Å². The molecule has 3 aromatic rings. The van der Waals surface area contributed by atoms with Crippen molar-refractivity contribution in [1.29, 1.82) is 0 Å². The second-order valence-electron chi connectivity index (χ2n) is 5.67. The van der Waals surface area contributed by atoms with Crippen molar-refractivity contribution in [1.82, 2.24) is 5.43 Å². The van der Waals surface area contributed by atoms with Crippen LogP contribution in [0.3, 0.4) is 0 Å². The molecule has 26 heavy (non-hydrogen) atoms. The Balaban J connectivity index is 1.34. The van der Waals surface area contributed by atoms with E-state index in [9.17, 15) is 4.79 Å². The van der Waals surface area contributed by atoms with Crippen molar-refractivity contribution < 1.29 is 19.0 Å². The summed E-state index contributed by atoms with van der Waals surface area (Å²) in [7, 11) is 0. The molecule has 0 aromatic heterocycles. The Bertz CT molecular complexity index is 979. The third-order valence-electron chi connectivity index (χ3n) is 3.93.